The second-order valence-corrected chi connectivity index (χ2v) is 7.64. The van der Waals surface area contributed by atoms with Crippen molar-refractivity contribution in [2.45, 2.75) is 26.2 Å². The number of aromatic nitrogens is 2. The Hall–Kier alpha value is -0.210. The molecule has 3 nitrogen and oxygen atoms in total. The first-order valence-corrected chi connectivity index (χ1v) is 8.14. The van der Waals surface area contributed by atoms with Gasteiger partial charge in [-0.1, -0.05) is 20.8 Å². The summed E-state index contributed by atoms with van der Waals surface area (Å²) in [5, 5.41) is 3.95. The van der Waals surface area contributed by atoms with Crippen LogP contribution in [0.3, 0.4) is 0 Å². The molecule has 0 radical (unpaired) electrons. The number of nitrogens with zero attached hydrogens (tertiary/aromatic N) is 1. The molecule has 0 bridgehead atoms. The number of thiophene rings is 1. The van der Waals surface area contributed by atoms with Crippen LogP contribution in [0.5, 0.6) is 0 Å². The van der Waals surface area contributed by atoms with E-state index in [-0.39, 0.29) is 11.0 Å². The van der Waals surface area contributed by atoms with Crippen LogP contribution in [0, 0.1) is 3.57 Å². The Morgan fingerprint density at radius 3 is 2.56 bits per heavy atom. The predicted molar refractivity (Wildman–Crippen MR) is 87.3 cm³/mol. The van der Waals surface area contributed by atoms with Crippen molar-refractivity contribution < 1.29 is 0 Å². The Bertz CT molecular complexity index is 642. The smallest absolute Gasteiger partial charge is 0.264 e. The molecule has 96 valence electrons. The summed E-state index contributed by atoms with van der Waals surface area (Å²) in [6.07, 6.45) is 0. The second-order valence-electron chi connectivity index (χ2n) is 4.96. The SMILES string of the molecule is CC(C)(C)c1nc(-c2cscc2Br)[nH]c(=O)c1I. The molecule has 0 atom stereocenters. The summed E-state index contributed by atoms with van der Waals surface area (Å²) in [6.45, 7) is 6.18. The maximum absolute atomic E-state index is 12.0. The fourth-order valence-electron chi connectivity index (χ4n) is 1.53. The van der Waals surface area contributed by atoms with E-state index < -0.39 is 0 Å². The van der Waals surface area contributed by atoms with Gasteiger partial charge < -0.3 is 4.98 Å². The highest BCUT2D eigenvalue weighted by molar-refractivity contribution is 14.1. The van der Waals surface area contributed by atoms with E-state index in [1.807, 2.05) is 10.8 Å². The first kappa shape index (κ1) is 14.2. The minimum atomic E-state index is -0.151. The van der Waals surface area contributed by atoms with E-state index in [0.717, 1.165) is 15.7 Å². The van der Waals surface area contributed by atoms with Gasteiger partial charge in [0.05, 0.1) is 5.69 Å². The van der Waals surface area contributed by atoms with Crippen molar-refractivity contribution >= 4 is 49.9 Å². The second kappa shape index (κ2) is 5.05. The fourth-order valence-corrected chi connectivity index (χ4v) is 4.06. The standard InChI is InChI=1S/C12H12BrIN2OS/c1-12(2,3)9-8(14)11(17)16-10(15-9)6-4-18-5-7(6)13/h4-5H,1-3H3,(H,15,16,17). The number of aromatic amines is 1. The topological polar surface area (TPSA) is 45.8 Å². The lowest BCUT2D eigenvalue weighted by atomic mass is 9.92. The van der Waals surface area contributed by atoms with Crippen molar-refractivity contribution in [3.63, 3.8) is 0 Å². The number of hydrogen-bond donors (Lipinski definition) is 1. The third-order valence-corrected chi connectivity index (χ3v) is 5.15. The molecule has 0 saturated heterocycles. The maximum Gasteiger partial charge on any atom is 0.264 e. The van der Waals surface area contributed by atoms with Crippen LogP contribution in [-0.4, -0.2) is 9.97 Å². The highest BCUT2D eigenvalue weighted by Gasteiger charge is 2.22. The number of hydrogen-bond acceptors (Lipinski definition) is 3. The zero-order chi connectivity index (χ0) is 13.5. The molecule has 0 aliphatic carbocycles. The third kappa shape index (κ3) is 2.70. The van der Waals surface area contributed by atoms with Gasteiger partial charge in [0.1, 0.15) is 9.39 Å². The average Bonchev–Trinajstić information content (AvgIpc) is 2.66. The van der Waals surface area contributed by atoms with Gasteiger partial charge in [0, 0.05) is 26.2 Å². The Morgan fingerprint density at radius 1 is 1.39 bits per heavy atom. The summed E-state index contributed by atoms with van der Waals surface area (Å²) < 4.78 is 1.62. The third-order valence-electron chi connectivity index (χ3n) is 2.44. The van der Waals surface area contributed by atoms with E-state index >= 15 is 0 Å². The van der Waals surface area contributed by atoms with Gasteiger partial charge in [-0.3, -0.25) is 4.79 Å². The molecule has 0 fully saturated rings. The largest absolute Gasteiger partial charge is 0.306 e. The van der Waals surface area contributed by atoms with Gasteiger partial charge >= 0.3 is 0 Å². The van der Waals surface area contributed by atoms with Crippen molar-refractivity contribution in [2.24, 2.45) is 0 Å². The molecule has 0 spiro atoms. The molecule has 0 aromatic carbocycles. The van der Waals surface area contributed by atoms with Gasteiger partial charge in [0.15, 0.2) is 0 Å². The summed E-state index contributed by atoms with van der Waals surface area (Å²) in [7, 11) is 0. The quantitative estimate of drug-likeness (QED) is 0.679. The number of halogens is 2. The van der Waals surface area contributed by atoms with Gasteiger partial charge in [-0.2, -0.15) is 11.3 Å². The van der Waals surface area contributed by atoms with E-state index in [1.165, 1.54) is 0 Å². The summed E-state index contributed by atoms with van der Waals surface area (Å²) in [5.41, 5.74) is 1.53. The lowest BCUT2D eigenvalue weighted by molar-refractivity contribution is 0.562. The molecule has 18 heavy (non-hydrogen) atoms. The Labute approximate surface area is 131 Å². The van der Waals surface area contributed by atoms with Crippen molar-refractivity contribution in [1.82, 2.24) is 9.97 Å². The zero-order valence-electron chi connectivity index (χ0n) is 10.2. The number of rotatable bonds is 1. The van der Waals surface area contributed by atoms with E-state index in [9.17, 15) is 4.79 Å². The highest BCUT2D eigenvalue weighted by atomic mass is 127. The van der Waals surface area contributed by atoms with Crippen LogP contribution in [0.1, 0.15) is 26.5 Å². The van der Waals surface area contributed by atoms with Crippen molar-refractivity contribution in [3.05, 3.63) is 34.9 Å². The van der Waals surface area contributed by atoms with Gasteiger partial charge in [-0.25, -0.2) is 4.98 Å². The van der Waals surface area contributed by atoms with Gasteiger partial charge in [0.25, 0.3) is 5.56 Å². The van der Waals surface area contributed by atoms with Crippen molar-refractivity contribution in [1.29, 1.82) is 0 Å². The molecule has 2 aromatic heterocycles. The number of H-pyrrole nitrogens is 1. The summed E-state index contributed by atoms with van der Waals surface area (Å²) in [5.74, 6) is 0.624. The summed E-state index contributed by atoms with van der Waals surface area (Å²) in [6, 6.07) is 0. The van der Waals surface area contributed by atoms with Crippen molar-refractivity contribution in [3.8, 4) is 11.4 Å². The Balaban J connectivity index is 2.70. The van der Waals surface area contributed by atoms with Crippen LogP contribution >= 0.6 is 49.9 Å². The zero-order valence-corrected chi connectivity index (χ0v) is 14.7. The highest BCUT2D eigenvalue weighted by Crippen LogP contribution is 2.31. The predicted octanol–water partition coefficient (Wildman–Crippen LogP) is 4.16. The van der Waals surface area contributed by atoms with Crippen LogP contribution in [-0.2, 0) is 5.41 Å². The molecule has 0 aliphatic heterocycles. The molecule has 2 heterocycles. The molecule has 1 N–H and O–H groups in total. The molecule has 0 aliphatic rings. The lowest BCUT2D eigenvalue weighted by Crippen LogP contribution is -2.24. The van der Waals surface area contributed by atoms with Gasteiger partial charge in [-0.15, -0.1) is 0 Å². The molecule has 2 rings (SSSR count). The van der Waals surface area contributed by atoms with E-state index in [1.54, 1.807) is 11.3 Å². The van der Waals surface area contributed by atoms with Crippen LogP contribution in [0.2, 0.25) is 0 Å². The van der Waals surface area contributed by atoms with Gasteiger partial charge in [-0.05, 0) is 38.5 Å². The first-order chi connectivity index (χ1) is 8.30. The monoisotopic (exact) mass is 438 g/mol. The Morgan fingerprint density at radius 2 is 2.06 bits per heavy atom. The first-order valence-electron chi connectivity index (χ1n) is 5.33. The van der Waals surface area contributed by atoms with Crippen LogP contribution in [0.4, 0.5) is 0 Å². The fraction of sp³-hybridized carbons (Fsp3) is 0.333. The minimum absolute atomic E-state index is 0.0800. The molecular formula is C12H12BrIN2OS. The van der Waals surface area contributed by atoms with E-state index in [4.69, 9.17) is 0 Å². The van der Waals surface area contributed by atoms with Crippen molar-refractivity contribution in [2.75, 3.05) is 0 Å². The van der Waals surface area contributed by atoms with Gasteiger partial charge in [0.2, 0.25) is 0 Å². The van der Waals surface area contributed by atoms with Crippen LogP contribution in [0.15, 0.2) is 20.0 Å². The lowest BCUT2D eigenvalue weighted by Gasteiger charge is -2.19. The average molecular weight is 439 g/mol. The molecular weight excluding hydrogens is 427 g/mol. The molecule has 0 saturated carbocycles. The molecule has 0 amide bonds. The Kier molecular flexibility index (Phi) is 3.99. The summed E-state index contributed by atoms with van der Waals surface area (Å²) in [4.78, 5) is 19.5. The van der Waals surface area contributed by atoms with Crippen LogP contribution < -0.4 is 5.56 Å². The minimum Gasteiger partial charge on any atom is -0.306 e. The van der Waals surface area contributed by atoms with Crippen LogP contribution in [0.25, 0.3) is 11.4 Å². The normalized spacial score (nSPS) is 11.8. The molecule has 6 heteroatoms. The van der Waals surface area contributed by atoms with E-state index in [2.05, 4.69) is 69.3 Å². The number of nitrogens with one attached hydrogen (secondary N) is 1. The molecule has 2 aromatic rings. The summed E-state index contributed by atoms with van der Waals surface area (Å²) >= 11 is 7.10. The maximum atomic E-state index is 12.0. The molecule has 0 unspecified atom stereocenters. The van der Waals surface area contributed by atoms with E-state index in [0.29, 0.717) is 9.39 Å².